The Hall–Kier alpha value is -1.22. The molecule has 0 aromatic rings. The van der Waals surface area contributed by atoms with Gasteiger partial charge in [-0.25, -0.2) is 0 Å². The molecule has 0 rings (SSSR count). The van der Waals surface area contributed by atoms with Gasteiger partial charge < -0.3 is 14.2 Å². The van der Waals surface area contributed by atoms with Gasteiger partial charge in [0, 0.05) is 0 Å². The van der Waals surface area contributed by atoms with Gasteiger partial charge in [0.05, 0.1) is 19.1 Å². The minimum Gasteiger partial charge on any atom is -0.499 e. The van der Waals surface area contributed by atoms with Crippen molar-refractivity contribution in [1.29, 1.82) is 0 Å². The Bertz CT molecular complexity index is 141. The fourth-order valence-electron chi connectivity index (χ4n) is 0.448. The quantitative estimate of drug-likeness (QED) is 0.241. The molecule has 0 unspecified atom stereocenters. The topological polar surface area (TPSA) is 27.7 Å². The van der Waals surface area contributed by atoms with E-state index in [0.29, 0.717) is 13.2 Å². The average Bonchev–Trinajstić information content (AvgIpc) is 2.10. The maximum atomic E-state index is 5.00. The van der Waals surface area contributed by atoms with E-state index in [1.54, 1.807) is 12.2 Å². The summed E-state index contributed by atoms with van der Waals surface area (Å²) in [7, 11) is 0. The van der Waals surface area contributed by atoms with Crippen LogP contribution in [0.25, 0.3) is 0 Å². The second kappa shape index (κ2) is 9.78. The molecule has 0 saturated carbocycles. The number of hydrogen-bond donors (Lipinski definition) is 0. The predicted octanol–water partition coefficient (Wildman–Crippen LogP) is 1.84. The second-order valence-electron chi connectivity index (χ2n) is 1.79. The summed E-state index contributed by atoms with van der Waals surface area (Å²) in [6, 6.07) is 0. The Morgan fingerprint density at radius 2 is 1.92 bits per heavy atom. The standard InChI is InChI=1S/C9H14O3/c1-3-5-6-11-9-12-8-7-10-4-2/h3-6H,1-2,7-9H2. The van der Waals surface area contributed by atoms with Crippen LogP contribution in [-0.2, 0) is 14.2 Å². The van der Waals surface area contributed by atoms with Crippen LogP contribution in [0.5, 0.6) is 0 Å². The Morgan fingerprint density at radius 3 is 2.58 bits per heavy atom. The van der Waals surface area contributed by atoms with Crippen LogP contribution in [0.15, 0.2) is 37.8 Å². The summed E-state index contributed by atoms with van der Waals surface area (Å²) in [4.78, 5) is 0. The molecule has 0 N–H and O–H groups in total. The first kappa shape index (κ1) is 10.8. The van der Waals surface area contributed by atoms with E-state index in [4.69, 9.17) is 14.2 Å². The molecule has 0 radical (unpaired) electrons. The van der Waals surface area contributed by atoms with Crippen LogP contribution < -0.4 is 0 Å². The predicted molar refractivity (Wildman–Crippen MR) is 47.4 cm³/mol. The van der Waals surface area contributed by atoms with Crippen molar-refractivity contribution in [2.75, 3.05) is 20.0 Å². The lowest BCUT2D eigenvalue weighted by Crippen LogP contribution is -2.03. The summed E-state index contributed by atoms with van der Waals surface area (Å²) in [5.74, 6) is 0. The molecule has 0 saturated heterocycles. The normalized spacial score (nSPS) is 9.67. The van der Waals surface area contributed by atoms with E-state index in [-0.39, 0.29) is 6.79 Å². The molecule has 0 fully saturated rings. The Kier molecular flexibility index (Phi) is 8.79. The van der Waals surface area contributed by atoms with E-state index in [1.807, 2.05) is 0 Å². The van der Waals surface area contributed by atoms with Crippen molar-refractivity contribution in [3.05, 3.63) is 37.8 Å². The lowest BCUT2D eigenvalue weighted by molar-refractivity contribution is -0.0257. The Labute approximate surface area is 72.9 Å². The number of rotatable bonds is 8. The smallest absolute Gasteiger partial charge is 0.188 e. The molecule has 0 bridgehead atoms. The van der Waals surface area contributed by atoms with Gasteiger partial charge in [-0.1, -0.05) is 19.2 Å². The van der Waals surface area contributed by atoms with Gasteiger partial charge in [0.15, 0.2) is 6.79 Å². The first-order valence-electron chi connectivity index (χ1n) is 3.61. The van der Waals surface area contributed by atoms with Gasteiger partial charge in [0.1, 0.15) is 6.61 Å². The number of hydrogen-bond acceptors (Lipinski definition) is 3. The van der Waals surface area contributed by atoms with E-state index < -0.39 is 0 Å². The van der Waals surface area contributed by atoms with Gasteiger partial charge in [-0.05, 0) is 6.08 Å². The lowest BCUT2D eigenvalue weighted by atomic mass is 10.6. The third-order valence-electron chi connectivity index (χ3n) is 0.926. The fourth-order valence-corrected chi connectivity index (χ4v) is 0.448. The van der Waals surface area contributed by atoms with Gasteiger partial charge in [-0.2, -0.15) is 0 Å². The fraction of sp³-hybridized carbons (Fsp3) is 0.333. The molecule has 0 aliphatic heterocycles. The molecular weight excluding hydrogens is 156 g/mol. The Balaban J connectivity index is 2.95. The zero-order valence-corrected chi connectivity index (χ0v) is 7.07. The van der Waals surface area contributed by atoms with Crippen molar-refractivity contribution in [2.45, 2.75) is 0 Å². The summed E-state index contributed by atoms with van der Waals surface area (Å²) in [5.41, 5.74) is 0. The van der Waals surface area contributed by atoms with E-state index in [1.165, 1.54) is 12.5 Å². The summed E-state index contributed by atoms with van der Waals surface area (Å²) >= 11 is 0. The van der Waals surface area contributed by atoms with Crippen LogP contribution >= 0.6 is 0 Å². The third-order valence-corrected chi connectivity index (χ3v) is 0.926. The van der Waals surface area contributed by atoms with Gasteiger partial charge in [0.2, 0.25) is 0 Å². The van der Waals surface area contributed by atoms with E-state index in [2.05, 4.69) is 13.2 Å². The molecule has 0 aromatic carbocycles. The van der Waals surface area contributed by atoms with E-state index >= 15 is 0 Å². The summed E-state index contributed by atoms with van der Waals surface area (Å²) in [6.07, 6.45) is 6.20. The monoisotopic (exact) mass is 170 g/mol. The molecule has 0 spiro atoms. The highest BCUT2D eigenvalue weighted by atomic mass is 16.7. The zero-order chi connectivity index (χ0) is 9.07. The van der Waals surface area contributed by atoms with Crippen molar-refractivity contribution in [3.63, 3.8) is 0 Å². The molecule has 0 heterocycles. The maximum absolute atomic E-state index is 5.00. The summed E-state index contributed by atoms with van der Waals surface area (Å²) in [6.45, 7) is 8.09. The molecule has 0 atom stereocenters. The summed E-state index contributed by atoms with van der Waals surface area (Å²) < 4.78 is 14.7. The van der Waals surface area contributed by atoms with Crippen molar-refractivity contribution in [1.82, 2.24) is 0 Å². The van der Waals surface area contributed by atoms with E-state index in [0.717, 1.165) is 0 Å². The summed E-state index contributed by atoms with van der Waals surface area (Å²) in [5, 5.41) is 0. The average molecular weight is 170 g/mol. The van der Waals surface area contributed by atoms with E-state index in [9.17, 15) is 0 Å². The van der Waals surface area contributed by atoms with Gasteiger partial charge in [-0.15, -0.1) is 0 Å². The second-order valence-corrected chi connectivity index (χ2v) is 1.79. The first-order valence-corrected chi connectivity index (χ1v) is 3.61. The molecule has 0 amide bonds. The number of ether oxygens (including phenoxy) is 3. The molecule has 3 nitrogen and oxygen atoms in total. The van der Waals surface area contributed by atoms with Crippen molar-refractivity contribution < 1.29 is 14.2 Å². The van der Waals surface area contributed by atoms with Gasteiger partial charge >= 0.3 is 0 Å². The van der Waals surface area contributed by atoms with Crippen molar-refractivity contribution in [3.8, 4) is 0 Å². The van der Waals surface area contributed by atoms with Crippen LogP contribution in [0.2, 0.25) is 0 Å². The minimum atomic E-state index is 0.227. The maximum Gasteiger partial charge on any atom is 0.188 e. The molecule has 12 heavy (non-hydrogen) atoms. The van der Waals surface area contributed by atoms with Crippen LogP contribution in [-0.4, -0.2) is 20.0 Å². The lowest BCUT2D eigenvalue weighted by Gasteiger charge is -2.02. The SMILES string of the molecule is C=CC=COCOCCOC=C. The molecule has 68 valence electrons. The largest absolute Gasteiger partial charge is 0.499 e. The molecule has 0 aliphatic carbocycles. The molecule has 0 aromatic heterocycles. The third kappa shape index (κ3) is 8.78. The van der Waals surface area contributed by atoms with Crippen molar-refractivity contribution in [2.24, 2.45) is 0 Å². The van der Waals surface area contributed by atoms with Crippen LogP contribution in [0.3, 0.4) is 0 Å². The highest BCUT2D eigenvalue weighted by molar-refractivity contribution is 4.92. The minimum absolute atomic E-state index is 0.227. The van der Waals surface area contributed by atoms with Crippen LogP contribution in [0.4, 0.5) is 0 Å². The van der Waals surface area contributed by atoms with Gasteiger partial charge in [0.25, 0.3) is 0 Å². The molecular formula is C9H14O3. The highest BCUT2D eigenvalue weighted by Crippen LogP contribution is 1.82. The zero-order valence-electron chi connectivity index (χ0n) is 7.07. The van der Waals surface area contributed by atoms with Gasteiger partial charge in [-0.3, -0.25) is 0 Å². The first-order chi connectivity index (χ1) is 5.91. The van der Waals surface area contributed by atoms with Crippen molar-refractivity contribution >= 4 is 0 Å². The van der Waals surface area contributed by atoms with Crippen LogP contribution in [0, 0.1) is 0 Å². The Morgan fingerprint density at radius 1 is 1.08 bits per heavy atom. The highest BCUT2D eigenvalue weighted by Gasteiger charge is 1.84. The van der Waals surface area contributed by atoms with Crippen LogP contribution in [0.1, 0.15) is 0 Å². The molecule has 3 heteroatoms. The molecule has 0 aliphatic rings. The number of allylic oxidation sites excluding steroid dienone is 2.